The van der Waals surface area contributed by atoms with Crippen LogP contribution in [-0.2, 0) is 5.41 Å². The topological polar surface area (TPSA) is 61.8 Å². The van der Waals surface area contributed by atoms with E-state index in [-0.39, 0.29) is 10.5 Å². The van der Waals surface area contributed by atoms with Crippen molar-refractivity contribution in [2.24, 2.45) is 5.73 Å². The molecule has 0 aliphatic carbocycles. The minimum absolute atomic E-state index is 0.0212. The molecule has 0 spiro atoms. The lowest BCUT2D eigenvalue weighted by molar-refractivity contribution is 0.590. The van der Waals surface area contributed by atoms with Gasteiger partial charge in [-0.05, 0) is 35.3 Å². The number of hydrogen-bond donors (Lipinski definition) is 2. The van der Waals surface area contributed by atoms with Crippen LogP contribution in [0.25, 0.3) is 0 Å². The summed E-state index contributed by atoms with van der Waals surface area (Å²) in [5.74, 6) is 0. The summed E-state index contributed by atoms with van der Waals surface area (Å²) in [6.45, 7) is 6.30. The van der Waals surface area contributed by atoms with Crippen LogP contribution in [0.1, 0.15) is 31.9 Å². The molecule has 0 atom stereocenters. The van der Waals surface area contributed by atoms with E-state index in [0.717, 1.165) is 5.56 Å². The second-order valence-corrected chi connectivity index (χ2v) is 5.05. The van der Waals surface area contributed by atoms with Gasteiger partial charge in [0.25, 0.3) is 0 Å². The molecule has 0 amide bonds. The molecule has 16 heavy (non-hydrogen) atoms. The third-order valence-electron chi connectivity index (χ3n) is 2.26. The van der Waals surface area contributed by atoms with Crippen molar-refractivity contribution in [1.82, 2.24) is 0 Å². The number of nitrogens with zero attached hydrogens (tertiary/aromatic N) is 1. The van der Waals surface area contributed by atoms with Crippen LogP contribution in [0, 0.1) is 11.3 Å². The van der Waals surface area contributed by atoms with Gasteiger partial charge in [0, 0.05) is 0 Å². The number of nitrogens with one attached hydrogen (secondary N) is 1. The van der Waals surface area contributed by atoms with Crippen LogP contribution in [0.5, 0.6) is 0 Å². The fourth-order valence-electron chi connectivity index (χ4n) is 1.34. The van der Waals surface area contributed by atoms with Gasteiger partial charge in [0.1, 0.15) is 6.07 Å². The molecule has 1 rings (SSSR count). The van der Waals surface area contributed by atoms with E-state index in [4.69, 9.17) is 23.2 Å². The number of nitriles is 1. The Labute approximate surface area is 101 Å². The number of benzene rings is 1. The van der Waals surface area contributed by atoms with Gasteiger partial charge in [0.2, 0.25) is 0 Å². The van der Waals surface area contributed by atoms with Crippen LogP contribution in [0.3, 0.4) is 0 Å². The maximum atomic E-state index is 9.05. The van der Waals surface area contributed by atoms with Crippen molar-refractivity contribution in [1.29, 1.82) is 5.26 Å². The molecule has 0 unspecified atom stereocenters. The molecule has 1 aromatic carbocycles. The zero-order chi connectivity index (χ0) is 12.3. The molecule has 0 aromatic heterocycles. The minimum Gasteiger partial charge on any atom is -0.376 e. The van der Waals surface area contributed by atoms with Gasteiger partial charge < -0.3 is 11.1 Å². The average molecular weight is 233 g/mol. The van der Waals surface area contributed by atoms with E-state index in [2.05, 4.69) is 32.2 Å². The molecule has 3 N–H and O–H groups in total. The van der Waals surface area contributed by atoms with E-state index in [1.54, 1.807) is 0 Å². The quantitative estimate of drug-likeness (QED) is 0.732. The van der Waals surface area contributed by atoms with Crippen molar-refractivity contribution < 1.29 is 0 Å². The Morgan fingerprint density at radius 2 is 2.06 bits per heavy atom. The van der Waals surface area contributed by atoms with Crippen molar-refractivity contribution >= 4 is 23.0 Å². The Kier molecular flexibility index (Phi) is 3.51. The van der Waals surface area contributed by atoms with Gasteiger partial charge in [0.05, 0.1) is 11.3 Å². The van der Waals surface area contributed by atoms with Gasteiger partial charge in [-0.2, -0.15) is 5.26 Å². The summed E-state index contributed by atoms with van der Waals surface area (Å²) >= 11 is 4.75. The summed E-state index contributed by atoms with van der Waals surface area (Å²) in [5, 5.41) is 12.0. The molecule has 1 aromatic rings. The normalized spacial score (nSPS) is 10.6. The van der Waals surface area contributed by atoms with E-state index in [9.17, 15) is 0 Å². The number of anilines is 1. The van der Waals surface area contributed by atoms with Crippen LogP contribution in [0.15, 0.2) is 18.2 Å². The van der Waals surface area contributed by atoms with Crippen molar-refractivity contribution in [2.45, 2.75) is 26.2 Å². The number of rotatable bonds is 1. The van der Waals surface area contributed by atoms with Gasteiger partial charge in [-0.25, -0.2) is 0 Å². The molecule has 0 saturated heterocycles. The zero-order valence-electron chi connectivity index (χ0n) is 9.66. The van der Waals surface area contributed by atoms with Gasteiger partial charge in [0.15, 0.2) is 5.11 Å². The van der Waals surface area contributed by atoms with Crippen molar-refractivity contribution in [3.63, 3.8) is 0 Å². The van der Waals surface area contributed by atoms with Crippen LogP contribution < -0.4 is 11.1 Å². The summed E-state index contributed by atoms with van der Waals surface area (Å²) in [6.07, 6.45) is 0. The lowest BCUT2D eigenvalue weighted by Crippen LogP contribution is -2.20. The lowest BCUT2D eigenvalue weighted by atomic mass is 9.86. The fourth-order valence-corrected chi connectivity index (χ4v) is 1.45. The van der Waals surface area contributed by atoms with E-state index < -0.39 is 0 Å². The molecular weight excluding hydrogens is 218 g/mol. The van der Waals surface area contributed by atoms with E-state index in [0.29, 0.717) is 11.3 Å². The standard InChI is InChI=1S/C12H15N3S/c1-12(2,3)9-4-5-10(15-11(14)16)8(6-9)7-13/h4-6H,1-3H3,(H3,14,15,16). The van der Waals surface area contributed by atoms with Crippen molar-refractivity contribution in [2.75, 3.05) is 5.32 Å². The number of hydrogen-bond acceptors (Lipinski definition) is 2. The molecule has 3 nitrogen and oxygen atoms in total. The molecule has 0 fully saturated rings. The van der Waals surface area contributed by atoms with E-state index in [1.165, 1.54) is 0 Å². The third-order valence-corrected chi connectivity index (χ3v) is 2.37. The largest absolute Gasteiger partial charge is 0.376 e. The van der Waals surface area contributed by atoms with Crippen LogP contribution in [0.4, 0.5) is 5.69 Å². The van der Waals surface area contributed by atoms with Gasteiger partial charge in [-0.15, -0.1) is 0 Å². The molecular formula is C12H15N3S. The highest BCUT2D eigenvalue weighted by molar-refractivity contribution is 7.80. The molecule has 0 heterocycles. The predicted molar refractivity (Wildman–Crippen MR) is 70.3 cm³/mol. The number of nitrogens with two attached hydrogens (primary N) is 1. The Bertz CT molecular complexity index is 452. The summed E-state index contributed by atoms with van der Waals surface area (Å²) in [7, 11) is 0. The second-order valence-electron chi connectivity index (χ2n) is 4.61. The Morgan fingerprint density at radius 1 is 1.44 bits per heavy atom. The first-order valence-corrected chi connectivity index (χ1v) is 5.36. The van der Waals surface area contributed by atoms with Crippen LogP contribution in [-0.4, -0.2) is 5.11 Å². The van der Waals surface area contributed by atoms with Crippen LogP contribution >= 0.6 is 12.2 Å². The fraction of sp³-hybridized carbons (Fsp3) is 0.333. The van der Waals surface area contributed by atoms with Crippen molar-refractivity contribution in [3.8, 4) is 6.07 Å². The van der Waals surface area contributed by atoms with Gasteiger partial charge in [-0.3, -0.25) is 0 Å². The van der Waals surface area contributed by atoms with Gasteiger partial charge >= 0.3 is 0 Å². The highest BCUT2D eigenvalue weighted by atomic mass is 32.1. The monoisotopic (exact) mass is 233 g/mol. The Hall–Kier alpha value is -1.60. The summed E-state index contributed by atoms with van der Waals surface area (Å²) in [6, 6.07) is 7.80. The molecule has 4 heteroatoms. The smallest absolute Gasteiger partial charge is 0.168 e. The zero-order valence-corrected chi connectivity index (χ0v) is 10.5. The van der Waals surface area contributed by atoms with E-state index >= 15 is 0 Å². The second kappa shape index (κ2) is 4.50. The Balaban J connectivity index is 3.18. The first-order valence-electron chi connectivity index (χ1n) is 4.95. The molecule has 0 aliphatic rings. The maximum Gasteiger partial charge on any atom is 0.168 e. The SMILES string of the molecule is CC(C)(C)c1ccc(NC(N)=S)c(C#N)c1. The van der Waals surface area contributed by atoms with Crippen molar-refractivity contribution in [3.05, 3.63) is 29.3 Å². The van der Waals surface area contributed by atoms with Gasteiger partial charge in [-0.1, -0.05) is 26.8 Å². The summed E-state index contributed by atoms with van der Waals surface area (Å²) in [5.41, 5.74) is 7.72. The molecule has 0 radical (unpaired) electrons. The summed E-state index contributed by atoms with van der Waals surface area (Å²) < 4.78 is 0. The molecule has 84 valence electrons. The third kappa shape index (κ3) is 2.94. The average Bonchev–Trinajstić information content (AvgIpc) is 2.15. The highest BCUT2D eigenvalue weighted by Crippen LogP contribution is 2.26. The molecule has 0 aliphatic heterocycles. The first kappa shape index (κ1) is 12.5. The minimum atomic E-state index is 0.0212. The Morgan fingerprint density at radius 3 is 2.50 bits per heavy atom. The summed E-state index contributed by atoms with van der Waals surface area (Å²) in [4.78, 5) is 0. The van der Waals surface area contributed by atoms with E-state index in [1.807, 2.05) is 18.2 Å². The number of thiocarbonyl (C=S) groups is 1. The van der Waals surface area contributed by atoms with Crippen LogP contribution in [0.2, 0.25) is 0 Å². The lowest BCUT2D eigenvalue weighted by Gasteiger charge is -2.20. The maximum absolute atomic E-state index is 9.05. The molecule has 0 saturated carbocycles. The highest BCUT2D eigenvalue weighted by Gasteiger charge is 2.15. The predicted octanol–water partition coefficient (Wildman–Crippen LogP) is 2.51. The first-order chi connectivity index (χ1) is 7.34. The molecule has 0 bridgehead atoms.